The summed E-state index contributed by atoms with van der Waals surface area (Å²) in [6, 6.07) is 7.15. The minimum absolute atomic E-state index is 0.228. The van der Waals surface area contributed by atoms with Gasteiger partial charge in [0.15, 0.2) is 15.9 Å². The molecule has 184 valence electrons. The van der Waals surface area contributed by atoms with Gasteiger partial charge >= 0.3 is 0 Å². The molecule has 0 aliphatic carbocycles. The van der Waals surface area contributed by atoms with Gasteiger partial charge in [-0.15, -0.1) is 10.2 Å². The summed E-state index contributed by atoms with van der Waals surface area (Å²) >= 11 is 3.34. The van der Waals surface area contributed by atoms with Crippen molar-refractivity contribution in [1.82, 2.24) is 29.1 Å². The Kier molecular flexibility index (Phi) is 7.61. The number of aromatic nitrogens is 6. The number of fused-ring (bicyclic) bond motifs is 2. The fourth-order valence-corrected chi connectivity index (χ4v) is 4.18. The second-order valence-corrected chi connectivity index (χ2v) is 8.72. The highest BCUT2D eigenvalue weighted by Crippen LogP contribution is 2.18. The number of nitrogens with two attached hydrogens (primary N) is 1. The third-order valence-corrected chi connectivity index (χ3v) is 5.99. The molecule has 0 saturated carbocycles. The SMILES string of the molecule is C=C(CCc1nnc2n(CCCCC)c3nc(Br)[nH]c3c(=O)n12)/N=C(\ON)c1ccc(OC)cc1. The smallest absolute Gasteiger partial charge is 0.286 e. The molecule has 0 spiro atoms. The number of allylic oxidation sites excluding steroid dienone is 1. The Morgan fingerprint density at radius 1 is 1.26 bits per heavy atom. The predicted molar refractivity (Wildman–Crippen MR) is 136 cm³/mol. The average molecular weight is 543 g/mol. The summed E-state index contributed by atoms with van der Waals surface area (Å²) in [4.78, 5) is 30.1. The van der Waals surface area contributed by atoms with Crippen molar-refractivity contribution < 1.29 is 9.57 Å². The van der Waals surface area contributed by atoms with Crippen LogP contribution >= 0.6 is 15.9 Å². The number of ether oxygens (including phenoxy) is 1. The molecule has 4 rings (SSSR count). The van der Waals surface area contributed by atoms with Crippen molar-refractivity contribution in [2.24, 2.45) is 10.9 Å². The molecule has 0 saturated heterocycles. The molecule has 0 unspecified atom stereocenters. The van der Waals surface area contributed by atoms with E-state index in [1.165, 1.54) is 4.40 Å². The molecule has 0 bridgehead atoms. The number of H-pyrrole nitrogens is 1. The number of nitrogens with zero attached hydrogens (tertiary/aromatic N) is 6. The Labute approximate surface area is 209 Å². The van der Waals surface area contributed by atoms with Crippen LogP contribution in [0.15, 0.2) is 51.1 Å². The van der Waals surface area contributed by atoms with E-state index in [2.05, 4.69) is 54.6 Å². The summed E-state index contributed by atoms with van der Waals surface area (Å²) in [6.07, 6.45) is 3.90. The van der Waals surface area contributed by atoms with E-state index in [-0.39, 0.29) is 11.5 Å². The summed E-state index contributed by atoms with van der Waals surface area (Å²) in [7, 11) is 1.59. The molecule has 1 aromatic carbocycles. The van der Waals surface area contributed by atoms with Crippen LogP contribution in [0.4, 0.5) is 0 Å². The van der Waals surface area contributed by atoms with E-state index in [9.17, 15) is 4.79 Å². The fourth-order valence-electron chi connectivity index (χ4n) is 3.81. The highest BCUT2D eigenvalue weighted by Gasteiger charge is 2.19. The summed E-state index contributed by atoms with van der Waals surface area (Å²) in [5, 5.41) is 8.62. The van der Waals surface area contributed by atoms with Crippen LogP contribution in [0, 0.1) is 0 Å². The number of imidazole rings is 1. The zero-order valence-electron chi connectivity index (χ0n) is 19.6. The van der Waals surface area contributed by atoms with Gasteiger partial charge in [0.1, 0.15) is 11.6 Å². The van der Waals surface area contributed by atoms with Gasteiger partial charge < -0.3 is 14.6 Å². The van der Waals surface area contributed by atoms with Gasteiger partial charge in [-0.2, -0.15) is 5.90 Å². The van der Waals surface area contributed by atoms with Crippen LogP contribution in [0.5, 0.6) is 5.75 Å². The second kappa shape index (κ2) is 10.8. The maximum Gasteiger partial charge on any atom is 0.286 e. The highest BCUT2D eigenvalue weighted by atomic mass is 79.9. The number of methoxy groups -OCH3 is 1. The van der Waals surface area contributed by atoms with Crippen molar-refractivity contribution in [1.29, 1.82) is 0 Å². The monoisotopic (exact) mass is 542 g/mol. The molecule has 11 nitrogen and oxygen atoms in total. The molecule has 0 radical (unpaired) electrons. The first-order valence-corrected chi connectivity index (χ1v) is 12.1. The second-order valence-electron chi connectivity index (χ2n) is 7.97. The van der Waals surface area contributed by atoms with Crippen molar-refractivity contribution in [2.45, 2.75) is 45.6 Å². The first-order valence-electron chi connectivity index (χ1n) is 11.3. The third kappa shape index (κ3) is 5.13. The minimum atomic E-state index is -0.252. The van der Waals surface area contributed by atoms with E-state index < -0.39 is 0 Å². The number of aromatic amines is 1. The van der Waals surface area contributed by atoms with Gasteiger partial charge in [-0.25, -0.2) is 14.4 Å². The lowest BCUT2D eigenvalue weighted by molar-refractivity contribution is 0.321. The normalized spacial score (nSPS) is 11.9. The lowest BCUT2D eigenvalue weighted by Crippen LogP contribution is -2.21. The highest BCUT2D eigenvalue weighted by molar-refractivity contribution is 9.10. The standard InChI is InChI=1S/C23H27BrN8O3/c1-4-5-6-13-31-19-18(27-22(24)28-19)21(33)32-17(29-30-23(31)32)12-7-14(2)26-20(35-25)15-8-10-16(34-3)11-9-15/h8-11H,2,4-7,12-13,25H2,1,3H3,(H,27,28)/b26-20-. The van der Waals surface area contributed by atoms with Gasteiger partial charge in [0, 0.05) is 24.2 Å². The van der Waals surface area contributed by atoms with Crippen molar-refractivity contribution in [3.8, 4) is 5.75 Å². The quantitative estimate of drug-likeness (QED) is 0.103. The minimum Gasteiger partial charge on any atom is -0.497 e. The van der Waals surface area contributed by atoms with E-state index in [1.807, 2.05) is 4.57 Å². The summed E-state index contributed by atoms with van der Waals surface area (Å²) in [6.45, 7) is 6.83. The molecule has 0 atom stereocenters. The molecule has 12 heteroatoms. The first kappa shape index (κ1) is 24.6. The number of unbranched alkanes of at least 4 members (excludes halogenated alkanes) is 2. The summed E-state index contributed by atoms with van der Waals surface area (Å²) < 4.78 is 9.12. The Hall–Kier alpha value is -3.51. The Bertz CT molecular complexity index is 1440. The van der Waals surface area contributed by atoms with Gasteiger partial charge in [0.2, 0.25) is 11.7 Å². The lowest BCUT2D eigenvalue weighted by atomic mass is 10.2. The molecular weight excluding hydrogens is 516 g/mol. The largest absolute Gasteiger partial charge is 0.497 e. The number of halogens is 1. The number of nitrogens with one attached hydrogen (secondary N) is 1. The number of rotatable bonds is 10. The van der Waals surface area contributed by atoms with Gasteiger partial charge in [0.25, 0.3) is 5.56 Å². The Morgan fingerprint density at radius 2 is 2.03 bits per heavy atom. The van der Waals surface area contributed by atoms with E-state index in [1.54, 1.807) is 31.4 Å². The van der Waals surface area contributed by atoms with Crippen LogP contribution in [0.1, 0.15) is 44.0 Å². The summed E-state index contributed by atoms with van der Waals surface area (Å²) in [5.74, 6) is 7.36. The number of hydrogen-bond donors (Lipinski definition) is 2. The number of hydrogen-bond acceptors (Lipinski definition) is 8. The topological polar surface area (TPSA) is 138 Å². The molecule has 0 aliphatic rings. The van der Waals surface area contributed by atoms with Crippen molar-refractivity contribution in [3.05, 3.63) is 63.0 Å². The van der Waals surface area contributed by atoms with Crippen molar-refractivity contribution in [2.75, 3.05) is 7.11 Å². The van der Waals surface area contributed by atoms with E-state index in [4.69, 9.17) is 15.5 Å². The van der Waals surface area contributed by atoms with Crippen LogP contribution in [0.25, 0.3) is 16.9 Å². The first-order chi connectivity index (χ1) is 17.0. The molecule has 0 aliphatic heterocycles. The van der Waals surface area contributed by atoms with Crippen molar-refractivity contribution >= 4 is 38.8 Å². The van der Waals surface area contributed by atoms with E-state index in [0.717, 1.165) is 19.3 Å². The maximum absolute atomic E-state index is 13.3. The van der Waals surface area contributed by atoms with E-state index in [0.29, 0.717) is 63.9 Å². The molecule has 3 heterocycles. The number of benzene rings is 1. The molecule has 0 amide bonds. The Morgan fingerprint density at radius 3 is 2.71 bits per heavy atom. The zero-order valence-corrected chi connectivity index (χ0v) is 21.2. The molecular formula is C23H27BrN8O3. The van der Waals surface area contributed by atoms with Crippen LogP contribution in [0.2, 0.25) is 0 Å². The van der Waals surface area contributed by atoms with Gasteiger partial charge in [-0.3, -0.25) is 9.36 Å². The molecule has 4 aromatic rings. The maximum atomic E-state index is 13.3. The van der Waals surface area contributed by atoms with Gasteiger partial charge in [0.05, 0.1) is 7.11 Å². The zero-order chi connectivity index (χ0) is 24.9. The number of aliphatic imine (C=N–C) groups is 1. The Balaban J connectivity index is 1.61. The van der Waals surface area contributed by atoms with Crippen LogP contribution in [-0.2, 0) is 17.8 Å². The predicted octanol–water partition coefficient (Wildman–Crippen LogP) is 3.51. The van der Waals surface area contributed by atoms with Crippen LogP contribution in [-0.4, -0.2) is 42.1 Å². The molecule has 35 heavy (non-hydrogen) atoms. The average Bonchev–Trinajstić information content (AvgIpc) is 3.47. The fraction of sp³-hybridized carbons (Fsp3) is 0.348. The van der Waals surface area contributed by atoms with Crippen LogP contribution in [0.3, 0.4) is 0 Å². The van der Waals surface area contributed by atoms with E-state index >= 15 is 0 Å². The molecule has 3 aromatic heterocycles. The summed E-state index contributed by atoms with van der Waals surface area (Å²) in [5.41, 5.74) is 1.91. The number of aryl methyl sites for hydroxylation is 2. The van der Waals surface area contributed by atoms with Crippen molar-refractivity contribution in [3.63, 3.8) is 0 Å². The third-order valence-electron chi connectivity index (χ3n) is 5.61. The molecule has 3 N–H and O–H groups in total. The van der Waals surface area contributed by atoms with Gasteiger partial charge in [-0.05, 0) is 53.0 Å². The lowest BCUT2D eigenvalue weighted by Gasteiger charge is -2.09. The molecule has 0 fully saturated rings. The van der Waals surface area contributed by atoms with Crippen LogP contribution < -0.4 is 16.2 Å². The van der Waals surface area contributed by atoms with Gasteiger partial charge in [-0.1, -0.05) is 26.3 Å².